The van der Waals surface area contributed by atoms with Gasteiger partial charge >= 0.3 is 0 Å². The lowest BCUT2D eigenvalue weighted by Gasteiger charge is -2.13. The van der Waals surface area contributed by atoms with E-state index < -0.39 is 10.0 Å². The first kappa shape index (κ1) is 18.2. The van der Waals surface area contributed by atoms with E-state index in [4.69, 9.17) is 0 Å². The van der Waals surface area contributed by atoms with E-state index in [2.05, 4.69) is 21.9 Å². The first-order valence-corrected chi connectivity index (χ1v) is 9.38. The maximum atomic E-state index is 12.3. The van der Waals surface area contributed by atoms with Crippen molar-refractivity contribution in [3.63, 3.8) is 0 Å². The lowest BCUT2D eigenvalue weighted by molar-refractivity contribution is 0.522. The van der Waals surface area contributed by atoms with Crippen LogP contribution in [0.1, 0.15) is 58.6 Å². The average molecular weight is 315 g/mol. The Balaban J connectivity index is 2.50. The molecule has 1 rings (SSSR count). The van der Waals surface area contributed by atoms with E-state index in [9.17, 15) is 8.42 Å². The topological polar surface area (TPSA) is 74.0 Å². The molecule has 0 fully saturated rings. The van der Waals surface area contributed by atoms with Gasteiger partial charge in [0.1, 0.15) is 0 Å². The maximum absolute atomic E-state index is 12.3. The predicted molar refractivity (Wildman–Crippen MR) is 86.7 cm³/mol. The van der Waals surface area contributed by atoms with E-state index in [0.29, 0.717) is 11.4 Å². The lowest BCUT2D eigenvalue weighted by atomic mass is 10.1. The summed E-state index contributed by atoms with van der Waals surface area (Å²) in [7, 11) is -3.42. The summed E-state index contributed by atoms with van der Waals surface area (Å²) in [5, 5.41) is 3.16. The van der Waals surface area contributed by atoms with Crippen molar-refractivity contribution >= 4 is 10.0 Å². The van der Waals surface area contributed by atoms with Crippen molar-refractivity contribution in [3.8, 4) is 0 Å². The highest BCUT2D eigenvalue weighted by atomic mass is 32.2. The molecule has 122 valence electrons. The van der Waals surface area contributed by atoms with Gasteiger partial charge in [0.05, 0.1) is 4.90 Å². The molecule has 1 atom stereocenters. The van der Waals surface area contributed by atoms with Crippen LogP contribution in [0.5, 0.6) is 0 Å². The summed E-state index contributed by atoms with van der Waals surface area (Å²) in [6.45, 7) is 7.62. The highest BCUT2D eigenvalue weighted by Gasteiger charge is 2.18. The van der Waals surface area contributed by atoms with Crippen LogP contribution in [-0.2, 0) is 16.6 Å². The van der Waals surface area contributed by atoms with Crippen molar-refractivity contribution in [2.75, 3.05) is 6.54 Å². The molecule has 1 aromatic rings. The highest BCUT2D eigenvalue weighted by Crippen LogP contribution is 2.13. The average Bonchev–Trinajstić information content (AvgIpc) is 2.90. The Hall–Kier alpha value is -0.850. The minimum atomic E-state index is -3.42. The SMILES string of the molecule is CCCCCCC(C)NS(=O)(=O)c1c[nH]c(CNCC)c1. The molecule has 21 heavy (non-hydrogen) atoms. The summed E-state index contributed by atoms with van der Waals surface area (Å²) in [6.07, 6.45) is 7.08. The van der Waals surface area contributed by atoms with Gasteiger partial charge in [0.2, 0.25) is 10.0 Å². The Morgan fingerprint density at radius 3 is 2.67 bits per heavy atom. The number of hydrogen-bond donors (Lipinski definition) is 3. The van der Waals surface area contributed by atoms with Crippen LogP contribution >= 0.6 is 0 Å². The fraction of sp³-hybridized carbons (Fsp3) is 0.733. The van der Waals surface area contributed by atoms with Gasteiger partial charge in [0.15, 0.2) is 0 Å². The fourth-order valence-electron chi connectivity index (χ4n) is 2.20. The second-order valence-corrected chi connectivity index (χ2v) is 7.23. The van der Waals surface area contributed by atoms with Crippen LogP contribution in [0.2, 0.25) is 0 Å². The Morgan fingerprint density at radius 2 is 2.00 bits per heavy atom. The van der Waals surface area contributed by atoms with Crippen LogP contribution in [0, 0.1) is 0 Å². The highest BCUT2D eigenvalue weighted by molar-refractivity contribution is 7.89. The molecule has 1 unspecified atom stereocenters. The van der Waals surface area contributed by atoms with Gasteiger partial charge in [0, 0.05) is 24.5 Å². The zero-order valence-corrected chi connectivity index (χ0v) is 14.2. The molecule has 0 saturated heterocycles. The summed E-state index contributed by atoms with van der Waals surface area (Å²) < 4.78 is 27.3. The Bertz CT molecular complexity index is 497. The van der Waals surface area contributed by atoms with Crippen LogP contribution < -0.4 is 10.0 Å². The monoisotopic (exact) mass is 315 g/mol. The maximum Gasteiger partial charge on any atom is 0.242 e. The predicted octanol–water partition coefficient (Wildman–Crippen LogP) is 2.76. The Labute approximate surface area is 129 Å². The quantitative estimate of drug-likeness (QED) is 0.550. The number of hydrogen-bond acceptors (Lipinski definition) is 3. The molecule has 1 heterocycles. The summed E-state index contributed by atoms with van der Waals surface area (Å²) in [5.74, 6) is 0. The molecule has 0 spiro atoms. The molecule has 0 aliphatic carbocycles. The Kier molecular flexibility index (Phi) is 8.00. The molecule has 3 N–H and O–H groups in total. The van der Waals surface area contributed by atoms with Gasteiger partial charge in [-0.15, -0.1) is 0 Å². The van der Waals surface area contributed by atoms with Gasteiger partial charge in [-0.1, -0.05) is 39.5 Å². The van der Waals surface area contributed by atoms with Crippen LogP contribution in [0.4, 0.5) is 0 Å². The van der Waals surface area contributed by atoms with Crippen molar-refractivity contribution < 1.29 is 8.42 Å². The normalized spacial score (nSPS) is 13.5. The van der Waals surface area contributed by atoms with Crippen molar-refractivity contribution in [1.82, 2.24) is 15.0 Å². The van der Waals surface area contributed by atoms with E-state index >= 15 is 0 Å². The third-order valence-electron chi connectivity index (χ3n) is 3.44. The number of aromatic amines is 1. The van der Waals surface area contributed by atoms with Gasteiger partial charge in [-0.05, 0) is 26.0 Å². The van der Waals surface area contributed by atoms with E-state index in [1.165, 1.54) is 19.3 Å². The molecule has 6 heteroatoms. The molecule has 1 aromatic heterocycles. The molecule has 0 saturated carbocycles. The number of H-pyrrole nitrogens is 1. The molecule has 0 aromatic carbocycles. The van der Waals surface area contributed by atoms with Crippen molar-refractivity contribution in [1.29, 1.82) is 0 Å². The minimum Gasteiger partial charge on any atom is -0.363 e. The van der Waals surface area contributed by atoms with Crippen LogP contribution in [0.25, 0.3) is 0 Å². The Morgan fingerprint density at radius 1 is 1.24 bits per heavy atom. The van der Waals surface area contributed by atoms with Crippen molar-refractivity contribution in [3.05, 3.63) is 18.0 Å². The second kappa shape index (κ2) is 9.23. The van der Waals surface area contributed by atoms with Gasteiger partial charge < -0.3 is 10.3 Å². The summed E-state index contributed by atoms with van der Waals surface area (Å²) in [5.41, 5.74) is 0.882. The minimum absolute atomic E-state index is 0.0287. The molecule has 0 radical (unpaired) electrons. The summed E-state index contributed by atoms with van der Waals surface area (Å²) in [6, 6.07) is 1.66. The zero-order valence-electron chi connectivity index (χ0n) is 13.4. The molecule has 0 aliphatic rings. The van der Waals surface area contributed by atoms with Gasteiger partial charge in [0.25, 0.3) is 0 Å². The summed E-state index contributed by atoms with van der Waals surface area (Å²) in [4.78, 5) is 3.31. The van der Waals surface area contributed by atoms with Gasteiger partial charge in [-0.3, -0.25) is 0 Å². The molecule has 5 nitrogen and oxygen atoms in total. The van der Waals surface area contributed by atoms with Gasteiger partial charge in [-0.25, -0.2) is 13.1 Å². The van der Waals surface area contributed by atoms with Crippen molar-refractivity contribution in [2.45, 2.75) is 70.4 Å². The molecule has 0 amide bonds. The van der Waals surface area contributed by atoms with E-state index in [1.54, 1.807) is 12.3 Å². The van der Waals surface area contributed by atoms with Crippen LogP contribution in [0.15, 0.2) is 17.2 Å². The third kappa shape index (κ3) is 6.63. The second-order valence-electron chi connectivity index (χ2n) is 5.51. The van der Waals surface area contributed by atoms with Crippen molar-refractivity contribution in [2.24, 2.45) is 0 Å². The first-order valence-electron chi connectivity index (χ1n) is 7.90. The summed E-state index contributed by atoms with van der Waals surface area (Å²) >= 11 is 0. The number of unbranched alkanes of at least 4 members (excludes halogenated alkanes) is 3. The molecular weight excluding hydrogens is 286 g/mol. The standard InChI is InChI=1S/C15H29N3O2S/c1-4-6-7-8-9-13(3)18-21(19,20)15-10-14(17-12-15)11-16-5-2/h10,12-13,16-18H,4-9,11H2,1-3H3. The smallest absolute Gasteiger partial charge is 0.242 e. The lowest BCUT2D eigenvalue weighted by Crippen LogP contribution is -2.32. The fourth-order valence-corrected chi connectivity index (χ4v) is 3.50. The number of nitrogens with one attached hydrogen (secondary N) is 3. The molecule has 0 bridgehead atoms. The molecular formula is C15H29N3O2S. The number of rotatable bonds is 11. The van der Waals surface area contributed by atoms with E-state index in [0.717, 1.165) is 25.1 Å². The van der Waals surface area contributed by atoms with Gasteiger partial charge in [-0.2, -0.15) is 0 Å². The molecule has 0 aliphatic heterocycles. The van der Waals surface area contributed by atoms with E-state index in [1.807, 2.05) is 13.8 Å². The number of aromatic nitrogens is 1. The van der Waals surface area contributed by atoms with Crippen LogP contribution in [-0.4, -0.2) is 26.0 Å². The first-order chi connectivity index (χ1) is 9.99. The largest absolute Gasteiger partial charge is 0.363 e. The zero-order chi connectivity index (χ0) is 15.7. The van der Waals surface area contributed by atoms with E-state index in [-0.39, 0.29) is 6.04 Å². The van der Waals surface area contributed by atoms with Crippen LogP contribution in [0.3, 0.4) is 0 Å². The third-order valence-corrected chi connectivity index (χ3v) is 5.01. The number of sulfonamides is 1.